The lowest BCUT2D eigenvalue weighted by atomic mass is 9.94. The number of fused-ring (bicyclic) bond motifs is 1. The fourth-order valence-corrected chi connectivity index (χ4v) is 3.33. The van der Waals surface area contributed by atoms with Crippen molar-refractivity contribution < 1.29 is 0 Å². The van der Waals surface area contributed by atoms with Crippen LogP contribution < -0.4 is 5.73 Å². The van der Waals surface area contributed by atoms with Gasteiger partial charge in [0.05, 0.1) is 6.54 Å². The molecule has 2 heterocycles. The van der Waals surface area contributed by atoms with E-state index in [-0.39, 0.29) is 6.04 Å². The summed E-state index contributed by atoms with van der Waals surface area (Å²) in [5.41, 5.74) is 10.00. The summed E-state index contributed by atoms with van der Waals surface area (Å²) in [5.74, 6) is 0. The number of aromatic nitrogens is 2. The third kappa shape index (κ3) is 2.03. The van der Waals surface area contributed by atoms with Crippen LogP contribution in [0.2, 0.25) is 0 Å². The van der Waals surface area contributed by atoms with Crippen LogP contribution in [0.15, 0.2) is 17.6 Å². The standard InChI is InChI=1S/C13H17N3S/c1-9-8-17-13(15-9)7-16-6-5-10-11(14)3-2-4-12(10)16/h5-6,8,11H,2-4,7,14H2,1H3. The average molecular weight is 247 g/mol. The van der Waals surface area contributed by atoms with E-state index in [1.165, 1.54) is 22.7 Å². The van der Waals surface area contributed by atoms with Crippen LogP contribution in [0.3, 0.4) is 0 Å². The van der Waals surface area contributed by atoms with E-state index in [0.29, 0.717) is 0 Å². The Morgan fingerprint density at radius 2 is 2.47 bits per heavy atom. The molecule has 0 saturated carbocycles. The number of hydrogen-bond acceptors (Lipinski definition) is 3. The van der Waals surface area contributed by atoms with E-state index >= 15 is 0 Å². The molecular formula is C13H17N3S. The Labute approximate surface area is 105 Å². The minimum Gasteiger partial charge on any atom is -0.344 e. The van der Waals surface area contributed by atoms with Crippen molar-refractivity contribution in [1.29, 1.82) is 0 Å². The molecule has 0 aliphatic heterocycles. The van der Waals surface area contributed by atoms with E-state index in [2.05, 4.69) is 27.2 Å². The fraction of sp³-hybridized carbons (Fsp3) is 0.462. The van der Waals surface area contributed by atoms with Crippen LogP contribution in [-0.4, -0.2) is 9.55 Å². The zero-order valence-corrected chi connectivity index (χ0v) is 10.8. The summed E-state index contributed by atoms with van der Waals surface area (Å²) < 4.78 is 2.31. The second-order valence-corrected chi connectivity index (χ2v) is 5.67. The maximum Gasteiger partial charge on any atom is 0.113 e. The van der Waals surface area contributed by atoms with Gasteiger partial charge in [-0.3, -0.25) is 0 Å². The molecule has 3 rings (SSSR count). The van der Waals surface area contributed by atoms with Crippen LogP contribution in [0.25, 0.3) is 0 Å². The first-order valence-electron chi connectivity index (χ1n) is 6.08. The molecule has 2 aromatic heterocycles. The molecule has 17 heavy (non-hydrogen) atoms. The van der Waals surface area contributed by atoms with Gasteiger partial charge in [0, 0.05) is 29.0 Å². The van der Waals surface area contributed by atoms with Crippen molar-refractivity contribution in [3.8, 4) is 0 Å². The first kappa shape index (κ1) is 11.0. The first-order chi connectivity index (χ1) is 8.24. The SMILES string of the molecule is Cc1csc(Cn2ccc3c2CCCC3N)n1. The molecule has 1 unspecified atom stereocenters. The Morgan fingerprint density at radius 1 is 1.59 bits per heavy atom. The normalized spacial score (nSPS) is 19.3. The van der Waals surface area contributed by atoms with Crippen molar-refractivity contribution in [2.45, 2.75) is 38.8 Å². The third-order valence-electron chi connectivity index (χ3n) is 3.41. The summed E-state index contributed by atoms with van der Waals surface area (Å²) in [5, 5.41) is 3.29. The lowest BCUT2D eigenvalue weighted by Gasteiger charge is -2.20. The van der Waals surface area contributed by atoms with Gasteiger partial charge in [-0.2, -0.15) is 0 Å². The number of hydrogen-bond donors (Lipinski definition) is 1. The van der Waals surface area contributed by atoms with Crippen LogP contribution in [0.5, 0.6) is 0 Å². The van der Waals surface area contributed by atoms with Gasteiger partial charge in [0.25, 0.3) is 0 Å². The number of aryl methyl sites for hydroxylation is 1. The van der Waals surface area contributed by atoms with E-state index in [9.17, 15) is 0 Å². The molecule has 0 amide bonds. The van der Waals surface area contributed by atoms with Crippen LogP contribution in [0, 0.1) is 6.92 Å². The first-order valence-corrected chi connectivity index (χ1v) is 6.96. The Balaban J connectivity index is 1.89. The predicted molar refractivity (Wildman–Crippen MR) is 70.3 cm³/mol. The third-order valence-corrected chi connectivity index (χ3v) is 4.37. The van der Waals surface area contributed by atoms with E-state index < -0.39 is 0 Å². The molecule has 0 spiro atoms. The summed E-state index contributed by atoms with van der Waals surface area (Å²) >= 11 is 1.74. The van der Waals surface area contributed by atoms with Gasteiger partial charge in [-0.15, -0.1) is 11.3 Å². The molecule has 0 aromatic carbocycles. The van der Waals surface area contributed by atoms with E-state index in [4.69, 9.17) is 5.73 Å². The molecule has 0 fully saturated rings. The summed E-state index contributed by atoms with van der Waals surface area (Å²) in [7, 11) is 0. The van der Waals surface area contributed by atoms with Crippen molar-refractivity contribution in [2.24, 2.45) is 5.73 Å². The lowest BCUT2D eigenvalue weighted by Crippen LogP contribution is -2.18. The number of nitrogens with two attached hydrogens (primary N) is 1. The molecule has 90 valence electrons. The Kier molecular flexibility index (Phi) is 2.76. The molecular weight excluding hydrogens is 230 g/mol. The number of rotatable bonds is 2. The Bertz CT molecular complexity index is 527. The maximum absolute atomic E-state index is 6.13. The minimum atomic E-state index is 0.234. The predicted octanol–water partition coefficient (Wildman–Crippen LogP) is 2.64. The van der Waals surface area contributed by atoms with Crippen molar-refractivity contribution in [3.63, 3.8) is 0 Å². The van der Waals surface area contributed by atoms with Gasteiger partial charge < -0.3 is 10.3 Å². The molecule has 4 heteroatoms. The second-order valence-electron chi connectivity index (χ2n) is 4.73. The Hall–Kier alpha value is -1.13. The summed E-state index contributed by atoms with van der Waals surface area (Å²) in [4.78, 5) is 4.52. The highest BCUT2D eigenvalue weighted by atomic mass is 32.1. The maximum atomic E-state index is 6.13. The zero-order valence-electron chi connectivity index (χ0n) is 10.0. The zero-order chi connectivity index (χ0) is 11.8. The monoisotopic (exact) mass is 247 g/mol. The van der Waals surface area contributed by atoms with Crippen LogP contribution in [-0.2, 0) is 13.0 Å². The second kappa shape index (κ2) is 4.27. The molecule has 2 N–H and O–H groups in total. The van der Waals surface area contributed by atoms with E-state index in [0.717, 1.165) is 25.1 Å². The van der Waals surface area contributed by atoms with Crippen LogP contribution in [0.4, 0.5) is 0 Å². The molecule has 1 aliphatic carbocycles. The van der Waals surface area contributed by atoms with Gasteiger partial charge in [0.1, 0.15) is 5.01 Å². The van der Waals surface area contributed by atoms with E-state index in [1.54, 1.807) is 11.3 Å². The average Bonchev–Trinajstić information content (AvgIpc) is 2.88. The summed E-state index contributed by atoms with van der Waals surface area (Å²) in [6.07, 6.45) is 5.63. The quantitative estimate of drug-likeness (QED) is 0.886. The van der Waals surface area contributed by atoms with Crippen LogP contribution >= 0.6 is 11.3 Å². The highest BCUT2D eigenvalue weighted by Crippen LogP contribution is 2.29. The van der Waals surface area contributed by atoms with Crippen molar-refractivity contribution in [3.05, 3.63) is 39.6 Å². The molecule has 1 aliphatic rings. The smallest absolute Gasteiger partial charge is 0.113 e. The van der Waals surface area contributed by atoms with Gasteiger partial charge in [-0.05, 0) is 37.8 Å². The molecule has 0 radical (unpaired) electrons. The summed E-state index contributed by atoms with van der Waals surface area (Å²) in [6, 6.07) is 2.41. The molecule has 3 nitrogen and oxygen atoms in total. The van der Waals surface area contributed by atoms with Gasteiger partial charge in [-0.1, -0.05) is 0 Å². The van der Waals surface area contributed by atoms with Gasteiger partial charge in [0.2, 0.25) is 0 Å². The molecule has 1 atom stereocenters. The van der Waals surface area contributed by atoms with Crippen LogP contribution in [0.1, 0.15) is 40.8 Å². The number of nitrogens with zero attached hydrogens (tertiary/aromatic N) is 2. The van der Waals surface area contributed by atoms with Crippen molar-refractivity contribution in [1.82, 2.24) is 9.55 Å². The highest BCUT2D eigenvalue weighted by molar-refractivity contribution is 7.09. The van der Waals surface area contributed by atoms with Crippen molar-refractivity contribution in [2.75, 3.05) is 0 Å². The minimum absolute atomic E-state index is 0.234. The molecule has 0 bridgehead atoms. The topological polar surface area (TPSA) is 43.8 Å². The fourth-order valence-electron chi connectivity index (χ4n) is 2.56. The van der Waals surface area contributed by atoms with Crippen molar-refractivity contribution >= 4 is 11.3 Å². The van der Waals surface area contributed by atoms with Gasteiger partial charge in [-0.25, -0.2) is 4.98 Å². The lowest BCUT2D eigenvalue weighted by molar-refractivity contribution is 0.547. The Morgan fingerprint density at radius 3 is 3.24 bits per heavy atom. The highest BCUT2D eigenvalue weighted by Gasteiger charge is 2.20. The summed E-state index contributed by atoms with van der Waals surface area (Å²) in [6.45, 7) is 2.93. The largest absolute Gasteiger partial charge is 0.344 e. The van der Waals surface area contributed by atoms with Gasteiger partial charge in [0.15, 0.2) is 0 Å². The molecule has 2 aromatic rings. The van der Waals surface area contributed by atoms with Gasteiger partial charge >= 0.3 is 0 Å². The molecule has 0 saturated heterocycles. The van der Waals surface area contributed by atoms with E-state index in [1.807, 2.05) is 6.92 Å². The number of thiazole rings is 1.